The van der Waals surface area contributed by atoms with Crippen LogP contribution in [0.5, 0.6) is 0 Å². The van der Waals surface area contributed by atoms with Crippen molar-refractivity contribution in [2.75, 3.05) is 18.4 Å². The molecular formula is C17H24N4OS. The highest BCUT2D eigenvalue weighted by molar-refractivity contribution is 7.18. The SMILES string of the molecule is CCc1cc2c(NCCC(=O)N3CCCCC3C)ncnc2s1. The number of aromatic nitrogens is 2. The first-order valence-corrected chi connectivity index (χ1v) is 9.27. The number of carbonyl (C=O) groups excluding carboxylic acids is 1. The van der Waals surface area contributed by atoms with Crippen molar-refractivity contribution < 1.29 is 4.79 Å². The number of thiophene rings is 1. The summed E-state index contributed by atoms with van der Waals surface area (Å²) in [5, 5.41) is 4.38. The summed E-state index contributed by atoms with van der Waals surface area (Å²) in [4.78, 5) is 25.4. The molecule has 0 radical (unpaired) electrons. The van der Waals surface area contributed by atoms with Crippen LogP contribution in [0.2, 0.25) is 0 Å². The van der Waals surface area contributed by atoms with Crippen LogP contribution in [0.1, 0.15) is 44.4 Å². The van der Waals surface area contributed by atoms with Gasteiger partial charge in [-0.3, -0.25) is 4.79 Å². The zero-order valence-electron chi connectivity index (χ0n) is 13.8. The first kappa shape index (κ1) is 16.2. The molecule has 0 aromatic carbocycles. The summed E-state index contributed by atoms with van der Waals surface area (Å²) < 4.78 is 0. The van der Waals surface area contributed by atoms with E-state index in [1.54, 1.807) is 17.7 Å². The van der Waals surface area contributed by atoms with Crippen LogP contribution >= 0.6 is 11.3 Å². The third-order valence-electron chi connectivity index (χ3n) is 4.48. The number of likely N-dealkylation sites (tertiary alicyclic amines) is 1. The number of nitrogens with zero attached hydrogens (tertiary/aromatic N) is 3. The van der Waals surface area contributed by atoms with Crippen molar-refractivity contribution in [3.05, 3.63) is 17.3 Å². The highest BCUT2D eigenvalue weighted by atomic mass is 32.1. The van der Waals surface area contributed by atoms with Crippen LogP contribution in [0.4, 0.5) is 5.82 Å². The van der Waals surface area contributed by atoms with Crippen LogP contribution in [0, 0.1) is 0 Å². The largest absolute Gasteiger partial charge is 0.369 e. The van der Waals surface area contributed by atoms with Crippen LogP contribution in [0.3, 0.4) is 0 Å². The quantitative estimate of drug-likeness (QED) is 0.911. The number of hydrogen-bond donors (Lipinski definition) is 1. The summed E-state index contributed by atoms with van der Waals surface area (Å²) in [5.74, 6) is 1.08. The Morgan fingerprint density at radius 1 is 1.43 bits per heavy atom. The number of carbonyl (C=O) groups is 1. The number of nitrogens with one attached hydrogen (secondary N) is 1. The Morgan fingerprint density at radius 2 is 2.30 bits per heavy atom. The molecule has 6 heteroatoms. The molecule has 0 spiro atoms. The van der Waals surface area contributed by atoms with Crippen molar-refractivity contribution in [1.29, 1.82) is 0 Å². The van der Waals surface area contributed by atoms with Gasteiger partial charge in [0.15, 0.2) is 0 Å². The Morgan fingerprint density at radius 3 is 3.09 bits per heavy atom. The lowest BCUT2D eigenvalue weighted by atomic mass is 10.0. The fraction of sp³-hybridized carbons (Fsp3) is 0.588. The molecule has 1 aliphatic rings. The van der Waals surface area contributed by atoms with E-state index in [1.807, 2.05) is 4.90 Å². The third kappa shape index (κ3) is 3.63. The number of rotatable bonds is 5. The van der Waals surface area contributed by atoms with Gasteiger partial charge in [-0.05, 0) is 38.7 Å². The average Bonchev–Trinajstić information content (AvgIpc) is 2.99. The van der Waals surface area contributed by atoms with Gasteiger partial charge >= 0.3 is 0 Å². The lowest BCUT2D eigenvalue weighted by Gasteiger charge is -2.33. The molecule has 0 bridgehead atoms. The summed E-state index contributed by atoms with van der Waals surface area (Å²) in [6.07, 6.45) is 6.60. The van der Waals surface area contributed by atoms with Crippen molar-refractivity contribution >= 4 is 33.3 Å². The third-order valence-corrected chi connectivity index (χ3v) is 5.67. The predicted octanol–water partition coefficient (Wildman–Crippen LogP) is 3.46. The van der Waals surface area contributed by atoms with E-state index in [-0.39, 0.29) is 5.91 Å². The fourth-order valence-corrected chi connectivity index (χ4v) is 4.06. The Bertz CT molecular complexity index is 684. The molecule has 1 N–H and O–H groups in total. The number of aryl methyl sites for hydroxylation is 1. The van der Waals surface area contributed by atoms with E-state index < -0.39 is 0 Å². The maximum absolute atomic E-state index is 12.4. The monoisotopic (exact) mass is 332 g/mol. The molecule has 23 heavy (non-hydrogen) atoms. The Hall–Kier alpha value is -1.69. The van der Waals surface area contributed by atoms with Crippen LogP contribution < -0.4 is 5.32 Å². The average molecular weight is 332 g/mol. The van der Waals surface area contributed by atoms with Crippen LogP contribution in [-0.4, -0.2) is 39.9 Å². The zero-order chi connectivity index (χ0) is 16.2. The standard InChI is InChI=1S/C17H24N4OS/c1-3-13-10-14-16(19-11-20-17(14)23-13)18-8-7-15(22)21-9-5-4-6-12(21)2/h10-12H,3-9H2,1-2H3,(H,18,19,20). The maximum atomic E-state index is 12.4. The van der Waals surface area contributed by atoms with Gasteiger partial charge in [0, 0.05) is 30.4 Å². The van der Waals surface area contributed by atoms with E-state index in [0.717, 1.165) is 41.8 Å². The van der Waals surface area contributed by atoms with Crippen LogP contribution in [-0.2, 0) is 11.2 Å². The molecule has 2 aromatic rings. The molecule has 124 valence electrons. The van der Waals surface area contributed by atoms with Gasteiger partial charge in [-0.2, -0.15) is 0 Å². The molecule has 1 aliphatic heterocycles. The second kappa shape index (κ2) is 7.25. The molecule has 3 rings (SSSR count). The number of fused-ring (bicyclic) bond motifs is 1. The zero-order valence-corrected chi connectivity index (χ0v) is 14.7. The molecule has 0 saturated carbocycles. The molecule has 1 saturated heterocycles. The van der Waals surface area contributed by atoms with Crippen LogP contribution in [0.15, 0.2) is 12.4 Å². The van der Waals surface area contributed by atoms with Crippen LogP contribution in [0.25, 0.3) is 10.2 Å². The van der Waals surface area contributed by atoms with Gasteiger partial charge < -0.3 is 10.2 Å². The second-order valence-corrected chi connectivity index (χ2v) is 7.23. The lowest BCUT2D eigenvalue weighted by molar-refractivity contribution is -0.134. The van der Waals surface area contributed by atoms with Gasteiger partial charge in [0.05, 0.1) is 5.39 Å². The van der Waals surface area contributed by atoms with E-state index in [1.165, 1.54) is 11.3 Å². The topological polar surface area (TPSA) is 58.1 Å². The minimum absolute atomic E-state index is 0.245. The molecule has 0 aliphatic carbocycles. The molecule has 1 amide bonds. The first-order chi connectivity index (χ1) is 11.2. The second-order valence-electron chi connectivity index (χ2n) is 6.12. The molecule has 2 aromatic heterocycles. The van der Waals surface area contributed by atoms with Crippen molar-refractivity contribution in [3.8, 4) is 0 Å². The number of piperidine rings is 1. The summed E-state index contributed by atoms with van der Waals surface area (Å²) in [6.45, 7) is 5.81. The summed E-state index contributed by atoms with van der Waals surface area (Å²) >= 11 is 1.71. The molecule has 1 fully saturated rings. The molecule has 1 unspecified atom stereocenters. The molecular weight excluding hydrogens is 308 g/mol. The summed E-state index contributed by atoms with van der Waals surface area (Å²) in [6, 6.07) is 2.53. The van der Waals surface area contributed by atoms with Crippen molar-refractivity contribution in [1.82, 2.24) is 14.9 Å². The summed E-state index contributed by atoms with van der Waals surface area (Å²) in [7, 11) is 0. The molecule has 5 nitrogen and oxygen atoms in total. The smallest absolute Gasteiger partial charge is 0.224 e. The van der Waals surface area contributed by atoms with Gasteiger partial charge in [0.1, 0.15) is 17.0 Å². The fourth-order valence-electron chi connectivity index (χ4n) is 3.12. The van der Waals surface area contributed by atoms with E-state index in [9.17, 15) is 4.79 Å². The minimum Gasteiger partial charge on any atom is -0.369 e. The van der Waals surface area contributed by atoms with Gasteiger partial charge in [0.25, 0.3) is 0 Å². The number of hydrogen-bond acceptors (Lipinski definition) is 5. The number of amides is 1. The van der Waals surface area contributed by atoms with Crippen molar-refractivity contribution in [3.63, 3.8) is 0 Å². The summed E-state index contributed by atoms with van der Waals surface area (Å²) in [5.41, 5.74) is 0. The van der Waals surface area contributed by atoms with Crippen molar-refractivity contribution in [2.24, 2.45) is 0 Å². The van der Waals surface area contributed by atoms with Gasteiger partial charge in [0.2, 0.25) is 5.91 Å². The maximum Gasteiger partial charge on any atom is 0.224 e. The van der Waals surface area contributed by atoms with Gasteiger partial charge in [-0.15, -0.1) is 11.3 Å². The van der Waals surface area contributed by atoms with Crippen molar-refractivity contribution in [2.45, 2.75) is 52.0 Å². The molecule has 1 atom stereocenters. The Balaban J connectivity index is 1.60. The normalized spacial score (nSPS) is 18.3. The highest BCUT2D eigenvalue weighted by Crippen LogP contribution is 2.28. The highest BCUT2D eigenvalue weighted by Gasteiger charge is 2.22. The number of anilines is 1. The van der Waals surface area contributed by atoms with E-state index >= 15 is 0 Å². The van der Waals surface area contributed by atoms with Gasteiger partial charge in [-0.25, -0.2) is 9.97 Å². The lowest BCUT2D eigenvalue weighted by Crippen LogP contribution is -2.42. The minimum atomic E-state index is 0.245. The Labute approximate surface area is 141 Å². The van der Waals surface area contributed by atoms with Gasteiger partial charge in [-0.1, -0.05) is 6.92 Å². The molecule has 3 heterocycles. The van der Waals surface area contributed by atoms with E-state index in [2.05, 4.69) is 35.2 Å². The Kier molecular flexibility index (Phi) is 5.10. The predicted molar refractivity (Wildman–Crippen MR) is 94.9 cm³/mol. The van der Waals surface area contributed by atoms with E-state index in [4.69, 9.17) is 0 Å². The first-order valence-electron chi connectivity index (χ1n) is 8.45. The van der Waals surface area contributed by atoms with E-state index in [0.29, 0.717) is 19.0 Å².